The number of nitrogens with one attached hydrogen (secondary N) is 3. The number of benzene rings is 2. The number of piperidine rings is 1. The fraction of sp³-hybridized carbons (Fsp3) is 0.222. The minimum Gasteiger partial charge on any atom is -0.451 e. The molecule has 0 spiro atoms. The Labute approximate surface area is 220 Å². The number of halogens is 2. The Morgan fingerprint density at radius 2 is 2.00 bits per heavy atom. The van der Waals surface area contributed by atoms with E-state index in [-0.39, 0.29) is 17.7 Å². The highest BCUT2D eigenvalue weighted by Crippen LogP contribution is 2.46. The predicted octanol–water partition coefficient (Wildman–Crippen LogP) is 5.84. The van der Waals surface area contributed by atoms with Crippen molar-refractivity contribution in [1.82, 2.24) is 15.6 Å². The number of ether oxygens (including phenoxy) is 1. The molecule has 2 aromatic heterocycles. The summed E-state index contributed by atoms with van der Waals surface area (Å²) < 4.78 is 33.6. The van der Waals surface area contributed by atoms with Crippen LogP contribution in [-0.4, -0.2) is 36.1 Å². The maximum atomic E-state index is 14.1. The number of hydrogen-bond donors (Lipinski definition) is 3. The first kappa shape index (κ1) is 24.3. The molecule has 2 aromatic carbocycles. The van der Waals surface area contributed by atoms with Crippen molar-refractivity contribution >= 4 is 50.6 Å². The lowest BCUT2D eigenvalue weighted by atomic mass is 10.1. The van der Waals surface area contributed by atoms with Gasteiger partial charge in [-0.15, -0.1) is 11.3 Å². The average molecular weight is 536 g/mol. The number of rotatable bonds is 5. The molecular formula is C27H23F2N5O3S. The molecule has 4 aromatic rings. The molecule has 1 saturated heterocycles. The molecule has 4 heterocycles. The largest absolute Gasteiger partial charge is 0.451 e. The van der Waals surface area contributed by atoms with Crippen LogP contribution in [0.1, 0.15) is 28.1 Å². The molecule has 0 aliphatic carbocycles. The fourth-order valence-electron chi connectivity index (χ4n) is 4.85. The molecule has 3 amide bonds. The second-order valence-corrected chi connectivity index (χ2v) is 10.2. The number of hydrogen-bond acceptors (Lipinski definition) is 6. The Morgan fingerprint density at radius 3 is 2.74 bits per heavy atom. The number of aryl methyl sites for hydroxylation is 1. The van der Waals surface area contributed by atoms with Crippen LogP contribution in [0.2, 0.25) is 0 Å². The number of carbonyl (C=O) groups is 2. The van der Waals surface area contributed by atoms with Crippen LogP contribution in [0, 0.1) is 18.6 Å². The van der Waals surface area contributed by atoms with Crippen LogP contribution in [0.5, 0.6) is 11.5 Å². The number of thiophene rings is 1. The first-order valence-corrected chi connectivity index (χ1v) is 13.0. The molecule has 8 nitrogen and oxygen atoms in total. The third-order valence-corrected chi connectivity index (χ3v) is 7.73. The number of urea groups is 1. The number of carbonyl (C=O) groups excluding carboxylic acids is 2. The van der Waals surface area contributed by atoms with Crippen molar-refractivity contribution in [1.29, 1.82) is 0 Å². The van der Waals surface area contributed by atoms with Gasteiger partial charge in [0.1, 0.15) is 15.5 Å². The van der Waals surface area contributed by atoms with Gasteiger partial charge in [-0.1, -0.05) is 6.07 Å². The molecular weight excluding hydrogens is 512 g/mol. The maximum Gasteiger partial charge on any atom is 0.331 e. The minimum absolute atomic E-state index is 0.0260. The number of nitrogens with zero attached hydrogens (tertiary/aromatic N) is 2. The molecule has 0 saturated carbocycles. The van der Waals surface area contributed by atoms with E-state index in [9.17, 15) is 18.4 Å². The Kier molecular flexibility index (Phi) is 6.16. The molecule has 2 aliphatic rings. The summed E-state index contributed by atoms with van der Waals surface area (Å²) in [6.45, 7) is 3.41. The van der Waals surface area contributed by atoms with E-state index < -0.39 is 23.4 Å². The van der Waals surface area contributed by atoms with Crippen LogP contribution in [0.4, 0.5) is 30.6 Å². The van der Waals surface area contributed by atoms with Crippen LogP contribution in [-0.2, 0) is 0 Å². The van der Waals surface area contributed by atoms with Crippen molar-refractivity contribution in [2.45, 2.75) is 25.8 Å². The van der Waals surface area contributed by atoms with Gasteiger partial charge in [-0.2, -0.15) is 0 Å². The summed E-state index contributed by atoms with van der Waals surface area (Å²) in [5.41, 5.74) is 2.22. The summed E-state index contributed by atoms with van der Waals surface area (Å²) in [6, 6.07) is 9.60. The monoisotopic (exact) mass is 535 g/mol. The third-order valence-electron chi connectivity index (χ3n) is 6.63. The molecule has 3 N–H and O–H groups in total. The topological polar surface area (TPSA) is 95.6 Å². The van der Waals surface area contributed by atoms with E-state index >= 15 is 0 Å². The van der Waals surface area contributed by atoms with Crippen LogP contribution in [0.15, 0.2) is 48.7 Å². The molecule has 1 fully saturated rings. The predicted molar refractivity (Wildman–Crippen MR) is 142 cm³/mol. The normalized spacial score (nSPS) is 16.9. The van der Waals surface area contributed by atoms with Crippen molar-refractivity contribution in [3.8, 4) is 11.5 Å². The summed E-state index contributed by atoms with van der Waals surface area (Å²) in [7, 11) is 0. The lowest BCUT2D eigenvalue weighted by Gasteiger charge is -2.30. The molecule has 194 valence electrons. The zero-order valence-electron chi connectivity index (χ0n) is 20.3. The number of pyridine rings is 1. The highest BCUT2D eigenvalue weighted by atomic mass is 32.1. The summed E-state index contributed by atoms with van der Waals surface area (Å²) in [6.07, 6.45) is 3.48. The van der Waals surface area contributed by atoms with E-state index in [0.717, 1.165) is 31.5 Å². The van der Waals surface area contributed by atoms with Crippen molar-refractivity contribution in [3.63, 3.8) is 0 Å². The Bertz CT molecular complexity index is 1560. The molecule has 1 unspecified atom stereocenters. The number of aromatic nitrogens is 1. The van der Waals surface area contributed by atoms with Crippen LogP contribution < -0.4 is 25.6 Å². The van der Waals surface area contributed by atoms with E-state index in [4.69, 9.17) is 4.74 Å². The molecule has 6 rings (SSSR count). The van der Waals surface area contributed by atoms with Gasteiger partial charge in [0, 0.05) is 18.8 Å². The van der Waals surface area contributed by atoms with Crippen LogP contribution >= 0.6 is 11.3 Å². The van der Waals surface area contributed by atoms with Gasteiger partial charge in [0.2, 0.25) is 0 Å². The highest BCUT2D eigenvalue weighted by Gasteiger charge is 2.34. The number of amides is 3. The van der Waals surface area contributed by atoms with Crippen molar-refractivity contribution < 1.29 is 23.1 Å². The fourth-order valence-corrected chi connectivity index (χ4v) is 5.87. The standard InChI is InChI=1S/C27H23F2N5O3S/c1-14-12-16(37-23-17(28)5-2-6-18(23)29)7-8-19(14)34-20-9-11-31-26-21(20)22(33-27(34)36)24(38-26)25(35)32-15-4-3-10-30-13-15/h2,5-9,11-12,15,30H,3-4,10,13H2,1H3,(H,32,35)(H,33,36). The maximum absolute atomic E-state index is 14.1. The van der Waals surface area contributed by atoms with Crippen LogP contribution in [0.25, 0.3) is 10.2 Å². The smallest absolute Gasteiger partial charge is 0.331 e. The van der Waals surface area contributed by atoms with Gasteiger partial charge in [-0.3, -0.25) is 9.69 Å². The van der Waals surface area contributed by atoms with Crippen LogP contribution in [0.3, 0.4) is 0 Å². The van der Waals surface area contributed by atoms with E-state index in [1.165, 1.54) is 22.3 Å². The van der Waals surface area contributed by atoms with Crippen molar-refractivity contribution in [3.05, 3.63) is 70.7 Å². The zero-order chi connectivity index (χ0) is 26.4. The van der Waals surface area contributed by atoms with Crippen molar-refractivity contribution in [2.75, 3.05) is 23.3 Å². The third kappa shape index (κ3) is 4.23. The molecule has 38 heavy (non-hydrogen) atoms. The number of anilines is 3. The quantitative estimate of drug-likeness (QED) is 0.298. The SMILES string of the molecule is Cc1cc(Oc2c(F)cccc2F)ccc1N1C(=O)Nc2c(C(=O)NC3CCCNC3)sc3nccc1c23. The van der Waals surface area contributed by atoms with Gasteiger partial charge in [-0.05, 0) is 68.3 Å². The zero-order valence-corrected chi connectivity index (χ0v) is 21.1. The second kappa shape index (κ2) is 9.66. The van der Waals surface area contributed by atoms with E-state index in [1.54, 1.807) is 37.4 Å². The molecule has 2 aliphatic heterocycles. The highest BCUT2D eigenvalue weighted by molar-refractivity contribution is 7.21. The lowest BCUT2D eigenvalue weighted by molar-refractivity contribution is 0.0935. The van der Waals surface area contributed by atoms with E-state index in [1.807, 2.05) is 0 Å². The Hall–Kier alpha value is -4.09. The van der Waals surface area contributed by atoms with E-state index in [0.29, 0.717) is 44.3 Å². The minimum atomic E-state index is -0.814. The van der Waals surface area contributed by atoms with Gasteiger partial charge >= 0.3 is 6.03 Å². The van der Waals surface area contributed by atoms with Gasteiger partial charge in [0.15, 0.2) is 17.4 Å². The molecule has 1 atom stereocenters. The first-order chi connectivity index (χ1) is 18.4. The lowest BCUT2D eigenvalue weighted by Crippen LogP contribution is -2.45. The van der Waals surface area contributed by atoms with Crippen molar-refractivity contribution in [2.24, 2.45) is 0 Å². The Morgan fingerprint density at radius 1 is 1.18 bits per heavy atom. The summed E-state index contributed by atoms with van der Waals surface area (Å²) in [4.78, 5) is 33.5. The van der Waals surface area contributed by atoms with E-state index in [2.05, 4.69) is 20.9 Å². The molecule has 0 bridgehead atoms. The summed E-state index contributed by atoms with van der Waals surface area (Å²) in [5.74, 6) is -2.14. The van der Waals surface area contributed by atoms with Gasteiger partial charge in [-0.25, -0.2) is 18.6 Å². The average Bonchev–Trinajstić information content (AvgIpc) is 3.27. The van der Waals surface area contributed by atoms with Gasteiger partial charge in [0.05, 0.1) is 22.4 Å². The summed E-state index contributed by atoms with van der Waals surface area (Å²) >= 11 is 1.23. The van der Waals surface area contributed by atoms with Gasteiger partial charge in [0.25, 0.3) is 5.91 Å². The second-order valence-electron chi connectivity index (χ2n) is 9.20. The Balaban J connectivity index is 1.34. The first-order valence-electron chi connectivity index (χ1n) is 12.2. The molecule has 0 radical (unpaired) electrons. The summed E-state index contributed by atoms with van der Waals surface area (Å²) in [5, 5.41) is 9.91. The van der Waals surface area contributed by atoms with Gasteiger partial charge < -0.3 is 20.7 Å². The molecule has 11 heteroatoms. The number of para-hydroxylation sites is 1.